The highest BCUT2D eigenvalue weighted by molar-refractivity contribution is 7.13. The maximum Gasteiger partial charge on any atom is 0.244 e. The third-order valence-corrected chi connectivity index (χ3v) is 6.12. The van der Waals surface area contributed by atoms with Gasteiger partial charge in [0.05, 0.1) is 17.3 Å². The largest absolute Gasteiger partial charge is 0.340 e. The maximum absolute atomic E-state index is 12.9. The van der Waals surface area contributed by atoms with Gasteiger partial charge in [-0.2, -0.15) is 10.2 Å². The zero-order chi connectivity index (χ0) is 20.5. The molecule has 0 spiro atoms. The van der Waals surface area contributed by atoms with Crippen molar-refractivity contribution in [2.45, 2.75) is 40.4 Å². The summed E-state index contributed by atoms with van der Waals surface area (Å²) >= 11 is 1.69. The second-order valence-electron chi connectivity index (χ2n) is 7.10. The molecule has 1 amide bonds. The van der Waals surface area contributed by atoms with E-state index in [4.69, 9.17) is 0 Å². The normalized spacial score (nSPS) is 11.3. The molecule has 0 N–H and O–H groups in total. The Morgan fingerprint density at radius 2 is 2.07 bits per heavy atom. The molecule has 0 fully saturated rings. The number of pyridine rings is 1. The first kappa shape index (κ1) is 19.3. The molecule has 0 saturated carbocycles. The highest BCUT2D eigenvalue weighted by Gasteiger charge is 2.19. The van der Waals surface area contributed by atoms with Crippen LogP contribution in [0.4, 0.5) is 0 Å². The summed E-state index contributed by atoms with van der Waals surface area (Å²) in [6.45, 7) is 7.56. The van der Waals surface area contributed by atoms with E-state index < -0.39 is 0 Å². The number of fused-ring (bicyclic) bond motifs is 1. The molecule has 4 aromatic rings. The van der Waals surface area contributed by atoms with Crippen molar-refractivity contribution in [1.29, 1.82) is 0 Å². The number of nitrogens with zero attached hydrogens (tertiary/aromatic N) is 6. The molecule has 4 heterocycles. The molecule has 29 heavy (non-hydrogen) atoms. The average Bonchev–Trinajstić information content (AvgIpc) is 3.43. The van der Waals surface area contributed by atoms with Gasteiger partial charge in [-0.25, -0.2) is 9.67 Å². The van der Waals surface area contributed by atoms with E-state index in [0.717, 1.165) is 40.1 Å². The zero-order valence-corrected chi connectivity index (χ0v) is 17.9. The van der Waals surface area contributed by atoms with E-state index in [-0.39, 0.29) is 12.5 Å². The van der Waals surface area contributed by atoms with Crippen LogP contribution in [-0.2, 0) is 24.4 Å². The van der Waals surface area contributed by atoms with Gasteiger partial charge in [0.1, 0.15) is 6.54 Å². The number of aryl methyl sites for hydroxylation is 2. The number of rotatable bonds is 6. The monoisotopic (exact) mass is 408 g/mol. The first-order valence-corrected chi connectivity index (χ1v) is 10.5. The fourth-order valence-electron chi connectivity index (χ4n) is 3.58. The molecule has 0 aliphatic heterocycles. The molecule has 7 nitrogen and oxygen atoms in total. The summed E-state index contributed by atoms with van der Waals surface area (Å²) < 4.78 is 3.65. The molecule has 0 aromatic carbocycles. The molecule has 4 rings (SSSR count). The minimum atomic E-state index is -0.0126. The Morgan fingerprint density at radius 1 is 1.24 bits per heavy atom. The second kappa shape index (κ2) is 7.79. The van der Waals surface area contributed by atoms with Crippen molar-refractivity contribution >= 4 is 28.3 Å². The zero-order valence-electron chi connectivity index (χ0n) is 17.1. The third kappa shape index (κ3) is 3.55. The standard InChI is InChI=1S/C21H24N6OS/c1-5-26-15(3)16(11-23-26)12-25(4)19(28)13-27-21-20(14(2)24-27)17(8-9-22-21)18-7-6-10-29-18/h6-11H,5,12-13H2,1-4H3. The third-order valence-electron chi connectivity index (χ3n) is 5.22. The van der Waals surface area contributed by atoms with Gasteiger partial charge in [0, 0.05) is 48.0 Å². The minimum absolute atomic E-state index is 0.0126. The van der Waals surface area contributed by atoms with Crippen LogP contribution in [0, 0.1) is 13.8 Å². The molecule has 0 unspecified atom stereocenters. The number of amides is 1. The Balaban J connectivity index is 1.58. The minimum Gasteiger partial charge on any atom is -0.340 e. The molecule has 150 valence electrons. The number of hydrogen-bond donors (Lipinski definition) is 0. The lowest BCUT2D eigenvalue weighted by atomic mass is 10.1. The van der Waals surface area contributed by atoms with E-state index in [0.29, 0.717) is 6.54 Å². The number of carbonyl (C=O) groups is 1. The summed E-state index contributed by atoms with van der Waals surface area (Å²) in [6, 6.07) is 6.14. The van der Waals surface area contributed by atoms with Crippen molar-refractivity contribution in [2.75, 3.05) is 7.05 Å². The van der Waals surface area contributed by atoms with Gasteiger partial charge in [0.2, 0.25) is 5.91 Å². The molecule has 0 radical (unpaired) electrons. The van der Waals surface area contributed by atoms with Crippen molar-refractivity contribution < 1.29 is 4.79 Å². The SMILES string of the molecule is CCn1ncc(CN(C)C(=O)Cn2nc(C)c3c(-c4cccs4)ccnc32)c1C. The van der Waals surface area contributed by atoms with E-state index >= 15 is 0 Å². The summed E-state index contributed by atoms with van der Waals surface area (Å²) in [5.41, 5.74) is 4.88. The van der Waals surface area contributed by atoms with E-state index in [9.17, 15) is 4.79 Å². The van der Waals surface area contributed by atoms with Crippen molar-refractivity contribution in [3.8, 4) is 10.4 Å². The fourth-order valence-corrected chi connectivity index (χ4v) is 4.34. The summed E-state index contributed by atoms with van der Waals surface area (Å²) in [4.78, 5) is 20.3. The molecule has 8 heteroatoms. The van der Waals surface area contributed by atoms with Crippen LogP contribution in [0.25, 0.3) is 21.5 Å². The molecule has 0 saturated heterocycles. The van der Waals surface area contributed by atoms with Crippen molar-refractivity contribution in [2.24, 2.45) is 0 Å². The van der Waals surface area contributed by atoms with Gasteiger partial charge in [-0.05, 0) is 38.3 Å². The van der Waals surface area contributed by atoms with Gasteiger partial charge >= 0.3 is 0 Å². The van der Waals surface area contributed by atoms with Crippen LogP contribution in [0.15, 0.2) is 36.0 Å². The highest BCUT2D eigenvalue weighted by atomic mass is 32.1. The molecule has 0 bridgehead atoms. The topological polar surface area (TPSA) is 68.8 Å². The Morgan fingerprint density at radius 3 is 2.76 bits per heavy atom. The predicted octanol–water partition coefficient (Wildman–Crippen LogP) is 3.65. The summed E-state index contributed by atoms with van der Waals surface area (Å²) in [5, 5.41) is 12.0. The molecule has 4 aromatic heterocycles. The van der Waals surface area contributed by atoms with Gasteiger partial charge in [-0.3, -0.25) is 9.48 Å². The van der Waals surface area contributed by atoms with Crippen molar-refractivity contribution in [3.05, 3.63) is 52.9 Å². The molecule has 0 aliphatic rings. The average molecular weight is 409 g/mol. The van der Waals surface area contributed by atoms with E-state index in [1.807, 2.05) is 43.9 Å². The molecular formula is C21H24N6OS. The summed E-state index contributed by atoms with van der Waals surface area (Å²) in [7, 11) is 1.81. The molecule has 0 aliphatic carbocycles. The first-order chi connectivity index (χ1) is 14.0. The number of hydrogen-bond acceptors (Lipinski definition) is 5. The van der Waals surface area contributed by atoms with Crippen LogP contribution in [0.2, 0.25) is 0 Å². The van der Waals surface area contributed by atoms with Gasteiger partial charge in [-0.1, -0.05) is 6.07 Å². The van der Waals surface area contributed by atoms with Gasteiger partial charge in [0.25, 0.3) is 0 Å². The Hall–Kier alpha value is -3.00. The smallest absolute Gasteiger partial charge is 0.244 e. The Bertz CT molecular complexity index is 1160. The van der Waals surface area contributed by atoms with Crippen LogP contribution < -0.4 is 0 Å². The van der Waals surface area contributed by atoms with Gasteiger partial charge < -0.3 is 4.90 Å². The van der Waals surface area contributed by atoms with E-state index in [2.05, 4.69) is 33.6 Å². The van der Waals surface area contributed by atoms with Crippen LogP contribution in [0.3, 0.4) is 0 Å². The lowest BCUT2D eigenvalue weighted by molar-refractivity contribution is -0.131. The lowest BCUT2D eigenvalue weighted by Crippen LogP contribution is -2.30. The number of aromatic nitrogens is 5. The van der Waals surface area contributed by atoms with Gasteiger partial charge in [-0.15, -0.1) is 11.3 Å². The Kier molecular flexibility index (Phi) is 5.19. The Labute approximate surface area is 173 Å². The number of carbonyl (C=O) groups excluding carboxylic acids is 1. The highest BCUT2D eigenvalue weighted by Crippen LogP contribution is 2.32. The lowest BCUT2D eigenvalue weighted by Gasteiger charge is -2.17. The van der Waals surface area contributed by atoms with Crippen LogP contribution in [-0.4, -0.2) is 42.4 Å². The second-order valence-corrected chi connectivity index (χ2v) is 8.05. The quantitative estimate of drug-likeness (QED) is 0.488. The van der Waals surface area contributed by atoms with E-state index in [1.165, 1.54) is 4.88 Å². The summed E-state index contributed by atoms with van der Waals surface area (Å²) in [6.07, 6.45) is 3.62. The van der Waals surface area contributed by atoms with Crippen molar-refractivity contribution in [1.82, 2.24) is 29.4 Å². The first-order valence-electron chi connectivity index (χ1n) is 9.60. The van der Waals surface area contributed by atoms with Crippen LogP contribution in [0.1, 0.15) is 23.9 Å². The molecular weight excluding hydrogens is 384 g/mol. The maximum atomic E-state index is 12.9. The molecule has 0 atom stereocenters. The van der Waals surface area contributed by atoms with Crippen molar-refractivity contribution in [3.63, 3.8) is 0 Å². The van der Waals surface area contributed by atoms with E-state index in [1.54, 1.807) is 27.1 Å². The fraction of sp³-hybridized carbons (Fsp3) is 0.333. The predicted molar refractivity (Wildman–Crippen MR) is 115 cm³/mol. The van der Waals surface area contributed by atoms with Crippen LogP contribution in [0.5, 0.6) is 0 Å². The van der Waals surface area contributed by atoms with Crippen LogP contribution >= 0.6 is 11.3 Å². The summed E-state index contributed by atoms with van der Waals surface area (Å²) in [5.74, 6) is -0.0126. The number of likely N-dealkylation sites (N-methyl/N-ethyl adjacent to an activating group) is 1. The van der Waals surface area contributed by atoms with Gasteiger partial charge in [0.15, 0.2) is 5.65 Å². The number of thiophene rings is 1.